The van der Waals surface area contributed by atoms with Gasteiger partial charge in [0, 0.05) is 19.0 Å². The van der Waals surface area contributed by atoms with Crippen LogP contribution in [0.2, 0.25) is 0 Å². The summed E-state index contributed by atoms with van der Waals surface area (Å²) in [6.07, 6.45) is -3.22. The first-order valence-electron chi connectivity index (χ1n) is 11.7. The van der Waals surface area contributed by atoms with Crippen molar-refractivity contribution in [2.24, 2.45) is 29.1 Å². The molecule has 6 atom stereocenters. The summed E-state index contributed by atoms with van der Waals surface area (Å²) >= 11 is 0. The Bertz CT molecular complexity index is 875. The summed E-state index contributed by atoms with van der Waals surface area (Å²) in [5.74, 6) is -4.37. The van der Waals surface area contributed by atoms with E-state index in [2.05, 4.69) is 10.6 Å². The fraction of sp³-hybridized carbons (Fsp3) is 0.818. The highest BCUT2D eigenvalue weighted by Crippen LogP contribution is 2.65. The first kappa shape index (κ1) is 24.7. The lowest BCUT2D eigenvalue weighted by Gasteiger charge is -2.34. The fourth-order valence-electron chi connectivity index (χ4n) is 5.70. The molecule has 0 aromatic carbocycles. The fourth-order valence-corrected chi connectivity index (χ4v) is 5.70. The number of aliphatic hydroxyl groups excluding tert-OH is 1. The summed E-state index contributed by atoms with van der Waals surface area (Å²) in [7, 11) is 0. The number of carbonyl (C=O) groups excluding carboxylic acids is 4. The standard InChI is InChI=1S/C22H31F3N4O5/c1-21(2)13-8-29(19(33)15(10-3-4-10)28-20(34)22(23,24)25)16(14(13)21)18(32)27-12(9-30)7-11-5-6-26-17(11)31/h10-16,30H,3-9H2,1-2H3,(H,26,31)(H,27,32)(H,28,34)/t11-,12-,13-,14-,15-,16-/m0/s1. The largest absolute Gasteiger partial charge is 0.471 e. The Morgan fingerprint density at radius 2 is 1.88 bits per heavy atom. The summed E-state index contributed by atoms with van der Waals surface area (Å²) in [6.45, 7) is 4.31. The van der Waals surface area contributed by atoms with Gasteiger partial charge < -0.3 is 26.0 Å². The van der Waals surface area contributed by atoms with E-state index in [1.165, 1.54) is 4.90 Å². The maximum Gasteiger partial charge on any atom is 0.471 e. The molecule has 4 N–H and O–H groups in total. The molecular weight excluding hydrogens is 457 g/mol. The molecule has 9 nitrogen and oxygen atoms in total. The second kappa shape index (κ2) is 8.69. The average molecular weight is 489 g/mol. The molecule has 34 heavy (non-hydrogen) atoms. The lowest BCUT2D eigenvalue weighted by Crippen LogP contribution is -2.58. The quantitative estimate of drug-likeness (QED) is 0.380. The van der Waals surface area contributed by atoms with E-state index in [0.717, 1.165) is 0 Å². The Hall–Kier alpha value is -2.37. The predicted molar refractivity (Wildman–Crippen MR) is 112 cm³/mol. The number of amides is 4. The third-order valence-electron chi connectivity index (χ3n) is 7.96. The molecule has 190 valence electrons. The van der Waals surface area contributed by atoms with Crippen molar-refractivity contribution in [3.05, 3.63) is 0 Å². The van der Waals surface area contributed by atoms with E-state index >= 15 is 0 Å². The van der Waals surface area contributed by atoms with Crippen molar-refractivity contribution in [1.29, 1.82) is 0 Å². The van der Waals surface area contributed by atoms with E-state index in [-0.39, 0.29) is 48.6 Å². The Kier molecular flexibility index (Phi) is 6.32. The number of carbonyl (C=O) groups is 4. The SMILES string of the molecule is CC1(C)[C@@H]2[C@@H](C(=O)N[C@H](CO)C[C@@H]3CCNC3=O)N(C(=O)[C@@H](NC(=O)C(F)(F)F)C3CC3)C[C@@H]21. The zero-order valence-corrected chi connectivity index (χ0v) is 19.2. The molecule has 0 aromatic rings. The smallest absolute Gasteiger partial charge is 0.394 e. The Morgan fingerprint density at radius 1 is 1.21 bits per heavy atom. The van der Waals surface area contributed by atoms with Gasteiger partial charge in [-0.25, -0.2) is 0 Å². The van der Waals surface area contributed by atoms with E-state index in [1.54, 1.807) is 0 Å². The monoisotopic (exact) mass is 488 g/mol. The van der Waals surface area contributed by atoms with Crippen LogP contribution in [0.25, 0.3) is 0 Å². The maximum absolute atomic E-state index is 13.3. The van der Waals surface area contributed by atoms with Crippen LogP contribution < -0.4 is 16.0 Å². The molecule has 0 spiro atoms. The van der Waals surface area contributed by atoms with Gasteiger partial charge in [-0.2, -0.15) is 13.2 Å². The van der Waals surface area contributed by atoms with Crippen LogP contribution in [0.15, 0.2) is 0 Å². The van der Waals surface area contributed by atoms with E-state index in [9.17, 15) is 37.5 Å². The van der Waals surface area contributed by atoms with Gasteiger partial charge >= 0.3 is 12.1 Å². The summed E-state index contributed by atoms with van der Waals surface area (Å²) in [6, 6.07) is -2.94. The first-order chi connectivity index (χ1) is 15.9. The van der Waals surface area contributed by atoms with Crippen LogP contribution in [0, 0.1) is 29.1 Å². The van der Waals surface area contributed by atoms with Crippen LogP contribution in [-0.4, -0.2) is 77.6 Å². The lowest BCUT2D eigenvalue weighted by atomic mass is 9.96. The number of rotatable bonds is 8. The molecule has 2 saturated heterocycles. The van der Waals surface area contributed by atoms with Gasteiger partial charge in [0.15, 0.2) is 0 Å². The zero-order valence-electron chi connectivity index (χ0n) is 19.2. The topological polar surface area (TPSA) is 128 Å². The van der Waals surface area contributed by atoms with Gasteiger partial charge in [0.25, 0.3) is 0 Å². The van der Waals surface area contributed by atoms with Crippen molar-refractivity contribution in [3.8, 4) is 0 Å². The second-order valence-corrected chi connectivity index (χ2v) is 10.6. The van der Waals surface area contributed by atoms with Crippen molar-refractivity contribution in [2.45, 2.75) is 63.8 Å². The predicted octanol–water partition coefficient (Wildman–Crippen LogP) is -0.0702. The van der Waals surface area contributed by atoms with Gasteiger partial charge in [0.2, 0.25) is 17.7 Å². The Morgan fingerprint density at radius 3 is 2.41 bits per heavy atom. The molecule has 0 radical (unpaired) electrons. The van der Waals surface area contributed by atoms with E-state index in [4.69, 9.17) is 0 Å². The van der Waals surface area contributed by atoms with Gasteiger partial charge in [-0.1, -0.05) is 13.8 Å². The molecule has 0 aromatic heterocycles. The van der Waals surface area contributed by atoms with Gasteiger partial charge in [0.1, 0.15) is 12.1 Å². The number of likely N-dealkylation sites (tertiary alicyclic amines) is 1. The molecule has 4 aliphatic rings. The van der Waals surface area contributed by atoms with Crippen LogP contribution in [0.3, 0.4) is 0 Å². The molecule has 4 amide bonds. The van der Waals surface area contributed by atoms with Crippen LogP contribution in [0.5, 0.6) is 0 Å². The third kappa shape index (κ3) is 4.60. The molecule has 4 fully saturated rings. The number of piperidine rings is 1. The maximum atomic E-state index is 13.3. The summed E-state index contributed by atoms with van der Waals surface area (Å²) < 4.78 is 38.5. The van der Waals surface area contributed by atoms with Crippen LogP contribution in [0.1, 0.15) is 39.5 Å². The first-order valence-corrected chi connectivity index (χ1v) is 11.7. The molecular formula is C22H31F3N4O5. The van der Waals surface area contributed by atoms with Crippen LogP contribution >= 0.6 is 0 Å². The molecule has 12 heteroatoms. The van der Waals surface area contributed by atoms with Crippen molar-refractivity contribution in [2.75, 3.05) is 19.7 Å². The number of nitrogens with one attached hydrogen (secondary N) is 3. The van der Waals surface area contributed by atoms with Gasteiger partial charge in [0.05, 0.1) is 12.6 Å². The molecule has 0 bridgehead atoms. The number of hydrogen-bond donors (Lipinski definition) is 4. The summed E-state index contributed by atoms with van der Waals surface area (Å²) in [4.78, 5) is 51.4. The summed E-state index contributed by atoms with van der Waals surface area (Å²) in [5, 5.41) is 17.1. The zero-order chi connectivity index (χ0) is 25.0. The molecule has 2 heterocycles. The number of hydrogen-bond acceptors (Lipinski definition) is 5. The van der Waals surface area contributed by atoms with Gasteiger partial charge in [-0.15, -0.1) is 0 Å². The number of nitrogens with zero attached hydrogens (tertiary/aromatic N) is 1. The highest BCUT2D eigenvalue weighted by Gasteiger charge is 2.70. The Labute approximate surface area is 195 Å². The number of fused-ring (bicyclic) bond motifs is 1. The molecule has 2 aliphatic heterocycles. The third-order valence-corrected chi connectivity index (χ3v) is 7.96. The Balaban J connectivity index is 1.48. The minimum atomic E-state index is -5.11. The van der Waals surface area contributed by atoms with Crippen molar-refractivity contribution >= 4 is 23.6 Å². The van der Waals surface area contributed by atoms with Crippen molar-refractivity contribution in [3.63, 3.8) is 0 Å². The van der Waals surface area contributed by atoms with E-state index in [1.807, 2.05) is 19.2 Å². The van der Waals surface area contributed by atoms with Crippen LogP contribution in [-0.2, 0) is 19.2 Å². The molecule has 2 aliphatic carbocycles. The van der Waals surface area contributed by atoms with E-state index in [0.29, 0.717) is 25.8 Å². The molecule has 0 unspecified atom stereocenters. The minimum absolute atomic E-state index is 0.0126. The number of halogens is 3. The van der Waals surface area contributed by atoms with Gasteiger partial charge in [-0.3, -0.25) is 19.2 Å². The molecule has 2 saturated carbocycles. The van der Waals surface area contributed by atoms with Gasteiger partial charge in [-0.05, 0) is 48.9 Å². The lowest BCUT2D eigenvalue weighted by molar-refractivity contribution is -0.175. The average Bonchev–Trinajstić information content (AvgIpc) is 3.56. The number of alkyl halides is 3. The van der Waals surface area contributed by atoms with Crippen LogP contribution in [0.4, 0.5) is 13.2 Å². The normalized spacial score (nSPS) is 31.4. The highest BCUT2D eigenvalue weighted by atomic mass is 19.4. The summed E-state index contributed by atoms with van der Waals surface area (Å²) in [5.41, 5.74) is -0.219. The van der Waals surface area contributed by atoms with Crippen molar-refractivity contribution < 1.29 is 37.5 Å². The minimum Gasteiger partial charge on any atom is -0.394 e. The number of aliphatic hydroxyl groups is 1. The van der Waals surface area contributed by atoms with Crippen molar-refractivity contribution in [1.82, 2.24) is 20.9 Å². The molecule has 4 rings (SSSR count). The van der Waals surface area contributed by atoms with E-state index < -0.39 is 47.9 Å². The second-order valence-electron chi connectivity index (χ2n) is 10.6. The highest BCUT2D eigenvalue weighted by molar-refractivity contribution is 5.94.